The quantitative estimate of drug-likeness (QED) is 0.628. The van der Waals surface area contributed by atoms with E-state index in [-0.39, 0.29) is 10.9 Å². The van der Waals surface area contributed by atoms with Crippen molar-refractivity contribution < 1.29 is 13.5 Å². The van der Waals surface area contributed by atoms with Gasteiger partial charge in [0, 0.05) is 23.2 Å². The fourth-order valence-corrected chi connectivity index (χ4v) is 3.98. The minimum Gasteiger partial charge on any atom is -0.462 e. The predicted molar refractivity (Wildman–Crippen MR) is 93.7 cm³/mol. The van der Waals surface area contributed by atoms with Crippen molar-refractivity contribution in [1.29, 1.82) is 0 Å². The zero-order valence-electron chi connectivity index (χ0n) is 13.2. The number of aliphatic hydroxyl groups excluding tert-OH is 1. The van der Waals surface area contributed by atoms with Crippen molar-refractivity contribution in [3.63, 3.8) is 0 Å². The lowest BCUT2D eigenvalue weighted by Gasteiger charge is -2.08. The number of aliphatic hydroxyl groups is 1. The average Bonchev–Trinajstić information content (AvgIpc) is 3.30. The highest BCUT2D eigenvalue weighted by atomic mass is 32.2. The number of sulfonamides is 1. The summed E-state index contributed by atoms with van der Waals surface area (Å²) in [7, 11) is -3.50. The highest BCUT2D eigenvalue weighted by Crippen LogP contribution is 2.27. The molecule has 7 heteroatoms. The van der Waals surface area contributed by atoms with Crippen LogP contribution in [0.5, 0.6) is 0 Å². The molecular formula is C18H15N3O3S. The van der Waals surface area contributed by atoms with Gasteiger partial charge in [-0.1, -0.05) is 12.1 Å². The van der Waals surface area contributed by atoms with Gasteiger partial charge in [0.25, 0.3) is 0 Å². The predicted octanol–water partition coefficient (Wildman–Crippen LogP) is 2.35. The highest BCUT2D eigenvalue weighted by Gasteiger charge is 2.28. The Morgan fingerprint density at radius 1 is 1.20 bits per heavy atom. The van der Waals surface area contributed by atoms with Crippen LogP contribution in [-0.2, 0) is 10.0 Å². The van der Waals surface area contributed by atoms with Gasteiger partial charge in [0.15, 0.2) is 0 Å². The summed E-state index contributed by atoms with van der Waals surface area (Å²) in [6, 6.07) is 10.6. The van der Waals surface area contributed by atoms with Crippen LogP contribution >= 0.6 is 0 Å². The molecule has 0 saturated heterocycles. The summed E-state index contributed by atoms with van der Waals surface area (Å²) >= 11 is 0. The van der Waals surface area contributed by atoms with E-state index in [1.807, 2.05) is 18.2 Å². The van der Waals surface area contributed by atoms with Gasteiger partial charge in [-0.15, -0.1) is 0 Å². The standard InChI is InChI=1S/C18H15N3O3S/c22-7-6-16-9-13-8-14(11-19-18(13)20-16)12-2-1-3-17(10-12)25(23,24)21-15-4-5-15/h1-3,8-11,15,21-22H,4-5H2,(H,19,20). The lowest BCUT2D eigenvalue weighted by molar-refractivity contribution is 0.517. The molecule has 3 aromatic rings. The van der Waals surface area contributed by atoms with E-state index in [0.29, 0.717) is 11.3 Å². The van der Waals surface area contributed by atoms with E-state index in [4.69, 9.17) is 5.11 Å². The van der Waals surface area contributed by atoms with Gasteiger partial charge in [-0.2, -0.15) is 0 Å². The van der Waals surface area contributed by atoms with Crippen LogP contribution in [0.4, 0.5) is 0 Å². The zero-order chi connectivity index (χ0) is 17.4. The van der Waals surface area contributed by atoms with E-state index in [1.165, 1.54) is 0 Å². The number of nitrogens with one attached hydrogen (secondary N) is 2. The maximum Gasteiger partial charge on any atom is 0.240 e. The Morgan fingerprint density at radius 3 is 2.80 bits per heavy atom. The molecule has 126 valence electrons. The Kier molecular flexibility index (Phi) is 3.71. The second kappa shape index (κ2) is 5.92. The number of benzene rings is 1. The van der Waals surface area contributed by atoms with E-state index < -0.39 is 10.0 Å². The van der Waals surface area contributed by atoms with Gasteiger partial charge in [0.1, 0.15) is 11.8 Å². The number of H-pyrrole nitrogens is 1. The molecule has 0 atom stereocenters. The van der Waals surface area contributed by atoms with Crippen molar-refractivity contribution in [3.05, 3.63) is 48.3 Å². The Hall–Kier alpha value is -2.82. The molecule has 0 amide bonds. The Balaban J connectivity index is 1.72. The minimum atomic E-state index is -3.50. The normalized spacial score (nSPS) is 14.2. The lowest BCUT2D eigenvalue weighted by atomic mass is 10.1. The second-order valence-electron chi connectivity index (χ2n) is 6.01. The summed E-state index contributed by atoms with van der Waals surface area (Å²) in [4.78, 5) is 7.58. The van der Waals surface area contributed by atoms with Gasteiger partial charge < -0.3 is 10.1 Å². The van der Waals surface area contributed by atoms with Gasteiger partial charge in [-0.05, 0) is 48.6 Å². The first-order valence-electron chi connectivity index (χ1n) is 7.82. The van der Waals surface area contributed by atoms with E-state index in [1.54, 1.807) is 30.5 Å². The molecule has 1 fully saturated rings. The molecule has 1 aliphatic rings. The van der Waals surface area contributed by atoms with Gasteiger partial charge in [0.2, 0.25) is 10.0 Å². The van der Waals surface area contributed by atoms with Crippen molar-refractivity contribution in [3.8, 4) is 23.2 Å². The molecule has 3 N–H and O–H groups in total. The van der Waals surface area contributed by atoms with Crippen LogP contribution in [0.25, 0.3) is 22.2 Å². The molecule has 1 aromatic carbocycles. The molecule has 0 aliphatic heterocycles. The fraction of sp³-hybridized carbons (Fsp3) is 0.167. The number of hydrogen-bond donors (Lipinski definition) is 3. The summed E-state index contributed by atoms with van der Waals surface area (Å²) < 4.78 is 27.5. The van der Waals surface area contributed by atoms with Crippen LogP contribution < -0.4 is 4.72 Å². The van der Waals surface area contributed by atoms with E-state index in [9.17, 15) is 8.42 Å². The van der Waals surface area contributed by atoms with E-state index in [0.717, 1.165) is 29.4 Å². The summed E-state index contributed by atoms with van der Waals surface area (Å²) in [6.45, 7) is 0. The maximum atomic E-state index is 12.4. The number of pyridine rings is 1. The summed E-state index contributed by atoms with van der Waals surface area (Å²) in [5.74, 6) is 2.53. The van der Waals surface area contributed by atoms with Gasteiger partial charge >= 0.3 is 0 Å². The van der Waals surface area contributed by atoms with Crippen LogP contribution in [0.2, 0.25) is 0 Å². The molecule has 1 aliphatic carbocycles. The fourth-order valence-electron chi connectivity index (χ4n) is 2.63. The maximum absolute atomic E-state index is 12.4. The molecule has 0 radical (unpaired) electrons. The monoisotopic (exact) mass is 353 g/mol. The number of nitrogens with zero attached hydrogens (tertiary/aromatic N) is 1. The first-order chi connectivity index (χ1) is 12.0. The van der Waals surface area contributed by atoms with E-state index >= 15 is 0 Å². The molecule has 1 saturated carbocycles. The Bertz CT molecular complexity index is 1120. The first-order valence-corrected chi connectivity index (χ1v) is 9.30. The molecule has 2 heterocycles. The molecule has 2 aromatic heterocycles. The summed E-state index contributed by atoms with van der Waals surface area (Å²) in [6.07, 6.45) is 5.32. The Labute approximate surface area is 145 Å². The number of aromatic nitrogens is 2. The first kappa shape index (κ1) is 15.7. The molecule has 4 rings (SSSR count). The third-order valence-corrected chi connectivity index (χ3v) is 5.56. The molecule has 0 spiro atoms. The third kappa shape index (κ3) is 3.22. The van der Waals surface area contributed by atoms with Gasteiger partial charge in [-0.3, -0.25) is 0 Å². The molecule has 6 nitrogen and oxygen atoms in total. The van der Waals surface area contributed by atoms with Crippen LogP contribution in [0.1, 0.15) is 18.5 Å². The number of hydrogen-bond acceptors (Lipinski definition) is 4. The van der Waals surface area contributed by atoms with Crippen molar-refractivity contribution in [2.75, 3.05) is 0 Å². The largest absolute Gasteiger partial charge is 0.462 e. The molecular weight excluding hydrogens is 338 g/mol. The summed E-state index contributed by atoms with van der Waals surface area (Å²) in [5, 5.41) is 9.52. The number of rotatable bonds is 4. The highest BCUT2D eigenvalue weighted by molar-refractivity contribution is 7.89. The van der Waals surface area contributed by atoms with Crippen molar-refractivity contribution in [1.82, 2.24) is 14.7 Å². The third-order valence-electron chi connectivity index (χ3n) is 4.04. The van der Waals surface area contributed by atoms with Crippen LogP contribution in [-0.4, -0.2) is 29.5 Å². The topological polar surface area (TPSA) is 95.1 Å². The number of fused-ring (bicyclic) bond motifs is 1. The lowest BCUT2D eigenvalue weighted by Crippen LogP contribution is -2.25. The Morgan fingerprint density at radius 2 is 2.04 bits per heavy atom. The summed E-state index contributed by atoms with van der Waals surface area (Å²) in [5.41, 5.74) is 2.79. The molecule has 0 unspecified atom stereocenters. The molecule has 0 bridgehead atoms. The van der Waals surface area contributed by atoms with Crippen molar-refractivity contribution in [2.45, 2.75) is 23.8 Å². The van der Waals surface area contributed by atoms with Crippen molar-refractivity contribution >= 4 is 21.1 Å². The average molecular weight is 353 g/mol. The van der Waals surface area contributed by atoms with Gasteiger partial charge in [-0.25, -0.2) is 18.1 Å². The zero-order valence-corrected chi connectivity index (χ0v) is 14.0. The van der Waals surface area contributed by atoms with Crippen molar-refractivity contribution in [2.24, 2.45) is 0 Å². The van der Waals surface area contributed by atoms with Crippen LogP contribution in [0.3, 0.4) is 0 Å². The second-order valence-corrected chi connectivity index (χ2v) is 7.72. The van der Waals surface area contributed by atoms with Gasteiger partial charge in [0.05, 0.1) is 10.6 Å². The SMILES string of the molecule is O=S(=O)(NC1CC1)c1cccc(-c2cnc3[nH]c(C#CO)cc3c2)c1. The van der Waals surface area contributed by atoms with E-state index in [2.05, 4.69) is 20.6 Å². The van der Waals surface area contributed by atoms with Crippen LogP contribution in [0, 0.1) is 12.0 Å². The number of aromatic amines is 1. The smallest absolute Gasteiger partial charge is 0.240 e. The minimum absolute atomic E-state index is 0.0672. The molecule has 25 heavy (non-hydrogen) atoms. The van der Waals surface area contributed by atoms with Crippen LogP contribution in [0.15, 0.2) is 47.5 Å².